The Labute approximate surface area is 319 Å². The number of aromatic nitrogens is 3. The van der Waals surface area contributed by atoms with Gasteiger partial charge >= 0.3 is 5.69 Å². The van der Waals surface area contributed by atoms with E-state index in [4.69, 9.17) is 17.2 Å². The van der Waals surface area contributed by atoms with Crippen molar-refractivity contribution >= 4 is 32.9 Å². The van der Waals surface area contributed by atoms with Crippen molar-refractivity contribution in [3.05, 3.63) is 88.1 Å². The standard InChI is InChI=1S/C21H29N7O.C18H29N3O3S/c1-21(2,3)17-11-15-13-28(20(29)27-18(15)26-17)16-7-5-14(6-8-16)12-24-9-4-10-25-19(22)23;1-18(2,3)14-5-4-6-16(13-14)25(23,24)21(12-9-17(19)22)15-7-10-20-11-8-15/h5-8,11,13,24H,4,9-10,12H2,1-3H3,(H4,22,23,25)(H,26,27,29);4-6,13,15,20H,7-12H2,1-3H3,(H2,19,22). The number of aliphatic imine (C=N–C) groups is 1. The lowest BCUT2D eigenvalue weighted by Gasteiger charge is -2.33. The summed E-state index contributed by atoms with van der Waals surface area (Å²) in [5.74, 6) is -0.365. The van der Waals surface area contributed by atoms with Gasteiger partial charge in [-0.1, -0.05) is 65.8 Å². The highest BCUT2D eigenvalue weighted by Crippen LogP contribution is 2.28. The first kappa shape index (κ1) is 42.2. The van der Waals surface area contributed by atoms with Gasteiger partial charge in [0, 0.05) is 54.8 Å². The number of rotatable bonds is 13. The first-order valence-corrected chi connectivity index (χ1v) is 19.9. The number of piperidine rings is 1. The van der Waals surface area contributed by atoms with Crippen molar-refractivity contribution in [3.8, 4) is 5.69 Å². The largest absolute Gasteiger partial charge is 0.370 e. The lowest BCUT2D eigenvalue weighted by atomic mass is 9.87. The van der Waals surface area contributed by atoms with Crippen molar-refractivity contribution < 1.29 is 13.2 Å². The summed E-state index contributed by atoms with van der Waals surface area (Å²) in [4.78, 5) is 35.4. The van der Waals surface area contributed by atoms with E-state index in [1.165, 1.54) is 4.31 Å². The number of primary amides is 1. The van der Waals surface area contributed by atoms with E-state index in [0.717, 1.165) is 73.3 Å². The summed E-state index contributed by atoms with van der Waals surface area (Å²) in [6.07, 6.45) is 4.20. The lowest BCUT2D eigenvalue weighted by Crippen LogP contribution is -2.47. The van der Waals surface area contributed by atoms with Gasteiger partial charge in [0.1, 0.15) is 5.65 Å². The van der Waals surface area contributed by atoms with Crippen LogP contribution >= 0.6 is 0 Å². The number of hydrogen-bond acceptors (Lipinski definition) is 8. The highest BCUT2D eigenvalue weighted by atomic mass is 32.2. The number of nitrogens with two attached hydrogens (primary N) is 3. The fraction of sp³-hybridized carbons (Fsp3) is 0.487. The first-order chi connectivity index (χ1) is 25.4. The highest BCUT2D eigenvalue weighted by Gasteiger charge is 2.33. The number of guanidine groups is 1. The molecule has 4 aromatic rings. The molecule has 2 aromatic carbocycles. The molecular formula is C39H58N10O4S. The third kappa shape index (κ3) is 11.7. The Bertz CT molecular complexity index is 2050. The second kappa shape index (κ2) is 18.2. The van der Waals surface area contributed by atoms with Crippen molar-refractivity contribution in [2.24, 2.45) is 22.2 Å². The molecule has 2 aromatic heterocycles. The molecule has 0 aliphatic carbocycles. The fourth-order valence-corrected chi connectivity index (χ4v) is 7.81. The number of carbonyl (C=O) groups excluding carboxylic acids is 1. The number of amides is 1. The smallest absolute Gasteiger partial charge is 0.354 e. The number of nitrogens with zero attached hydrogens (tertiary/aromatic N) is 4. The van der Waals surface area contributed by atoms with E-state index in [9.17, 15) is 18.0 Å². The summed E-state index contributed by atoms with van der Waals surface area (Å²) in [6, 6.07) is 16.9. The molecule has 0 radical (unpaired) electrons. The van der Waals surface area contributed by atoms with E-state index in [2.05, 4.69) is 73.2 Å². The minimum Gasteiger partial charge on any atom is -0.370 e. The number of sulfonamides is 1. The minimum atomic E-state index is -3.68. The van der Waals surface area contributed by atoms with Crippen molar-refractivity contribution in [2.45, 2.75) is 95.5 Å². The van der Waals surface area contributed by atoms with Crippen LogP contribution in [0.5, 0.6) is 0 Å². The molecule has 54 heavy (non-hydrogen) atoms. The number of aromatic amines is 1. The third-order valence-electron chi connectivity index (χ3n) is 9.27. The quantitative estimate of drug-likeness (QED) is 0.0667. The molecule has 1 saturated heterocycles. The number of H-pyrrole nitrogens is 1. The monoisotopic (exact) mass is 762 g/mol. The van der Waals surface area contributed by atoms with E-state index in [1.807, 2.05) is 36.5 Å². The van der Waals surface area contributed by atoms with Gasteiger partial charge in [-0.2, -0.15) is 9.29 Å². The SMILES string of the molecule is CC(C)(C)c1cc2cn(-c3ccc(CNCCCN=C(N)N)cc3)c(=O)nc2[nH]1.CC(C)(C)c1cccc(S(=O)(=O)N(CCC(N)=O)C2CCNCC2)c1. The second-order valence-electron chi connectivity index (χ2n) is 15.7. The van der Waals surface area contributed by atoms with Crippen LogP contribution in [0.4, 0.5) is 0 Å². The van der Waals surface area contributed by atoms with Crippen molar-refractivity contribution in [3.63, 3.8) is 0 Å². The van der Waals surface area contributed by atoms with Gasteiger partial charge in [-0.05, 0) is 85.8 Å². The molecule has 0 spiro atoms. The van der Waals surface area contributed by atoms with E-state index >= 15 is 0 Å². The molecule has 15 heteroatoms. The van der Waals surface area contributed by atoms with Gasteiger partial charge in [-0.25, -0.2) is 13.2 Å². The molecule has 1 fully saturated rings. The van der Waals surface area contributed by atoms with E-state index in [-0.39, 0.29) is 46.4 Å². The normalized spacial score (nSPS) is 14.1. The van der Waals surface area contributed by atoms with Gasteiger partial charge in [0.25, 0.3) is 0 Å². The maximum absolute atomic E-state index is 13.3. The van der Waals surface area contributed by atoms with Gasteiger partial charge in [0.2, 0.25) is 15.9 Å². The van der Waals surface area contributed by atoms with Crippen LogP contribution in [0, 0.1) is 0 Å². The van der Waals surface area contributed by atoms with Crippen LogP contribution in [0.2, 0.25) is 0 Å². The predicted molar refractivity (Wildman–Crippen MR) is 216 cm³/mol. The molecule has 0 saturated carbocycles. The Hall–Kier alpha value is -4.57. The summed E-state index contributed by atoms with van der Waals surface area (Å²) < 4.78 is 29.6. The Morgan fingerprint density at radius 3 is 2.30 bits per heavy atom. The van der Waals surface area contributed by atoms with Crippen LogP contribution < -0.4 is 33.5 Å². The van der Waals surface area contributed by atoms with Crippen molar-refractivity contribution in [1.29, 1.82) is 0 Å². The minimum absolute atomic E-state index is 0.0299. The number of carbonyl (C=O) groups is 1. The summed E-state index contributed by atoms with van der Waals surface area (Å²) >= 11 is 0. The van der Waals surface area contributed by atoms with E-state index < -0.39 is 15.9 Å². The van der Waals surface area contributed by atoms with Crippen LogP contribution in [-0.4, -0.2) is 77.9 Å². The zero-order valence-electron chi connectivity index (χ0n) is 32.5. The summed E-state index contributed by atoms with van der Waals surface area (Å²) in [5, 5.41) is 7.51. The van der Waals surface area contributed by atoms with Crippen LogP contribution in [0.15, 0.2) is 75.5 Å². The molecule has 1 aliphatic rings. The number of hydrogen-bond donors (Lipinski definition) is 6. The lowest BCUT2D eigenvalue weighted by molar-refractivity contribution is -0.118. The molecule has 0 unspecified atom stereocenters. The van der Waals surface area contributed by atoms with Crippen molar-refractivity contribution in [2.75, 3.05) is 32.7 Å². The highest BCUT2D eigenvalue weighted by molar-refractivity contribution is 7.89. The van der Waals surface area contributed by atoms with E-state index in [0.29, 0.717) is 12.2 Å². The van der Waals surface area contributed by atoms with Gasteiger partial charge < -0.3 is 32.8 Å². The van der Waals surface area contributed by atoms with Gasteiger partial charge in [-0.3, -0.25) is 14.4 Å². The molecule has 9 N–H and O–H groups in total. The third-order valence-corrected chi connectivity index (χ3v) is 11.2. The van der Waals surface area contributed by atoms with Gasteiger partial charge in [0.05, 0.1) is 10.6 Å². The summed E-state index contributed by atoms with van der Waals surface area (Å²) in [7, 11) is -3.68. The molecule has 294 valence electrons. The first-order valence-electron chi connectivity index (χ1n) is 18.5. The fourth-order valence-electron chi connectivity index (χ4n) is 6.08. The molecule has 0 atom stereocenters. The number of fused-ring (bicyclic) bond motifs is 1. The average molecular weight is 763 g/mol. The second-order valence-corrected chi connectivity index (χ2v) is 17.6. The summed E-state index contributed by atoms with van der Waals surface area (Å²) in [6.45, 7) is 16.4. The number of benzene rings is 2. The molecule has 1 amide bonds. The van der Waals surface area contributed by atoms with Crippen LogP contribution in [0.3, 0.4) is 0 Å². The molecule has 3 heterocycles. The zero-order valence-corrected chi connectivity index (χ0v) is 33.3. The van der Waals surface area contributed by atoms with Crippen LogP contribution in [0.1, 0.15) is 84.0 Å². The van der Waals surface area contributed by atoms with Crippen LogP contribution in [0.25, 0.3) is 16.7 Å². The van der Waals surface area contributed by atoms with E-state index in [1.54, 1.807) is 22.8 Å². The molecule has 5 rings (SSSR count). The summed E-state index contributed by atoms with van der Waals surface area (Å²) in [5.41, 5.74) is 19.9. The Kier molecular flexibility index (Phi) is 14.2. The predicted octanol–water partition coefficient (Wildman–Crippen LogP) is 3.37. The van der Waals surface area contributed by atoms with Gasteiger partial charge in [0.15, 0.2) is 5.96 Å². The molecular weight excluding hydrogens is 705 g/mol. The molecule has 0 bridgehead atoms. The average Bonchev–Trinajstić information content (AvgIpc) is 3.54. The van der Waals surface area contributed by atoms with Crippen molar-refractivity contribution in [1.82, 2.24) is 29.5 Å². The maximum atomic E-state index is 13.3. The molecule has 14 nitrogen and oxygen atoms in total. The Balaban J connectivity index is 0.000000244. The maximum Gasteiger partial charge on any atom is 0.354 e. The Morgan fingerprint density at radius 2 is 1.69 bits per heavy atom. The van der Waals surface area contributed by atoms with Crippen LogP contribution in [-0.2, 0) is 32.2 Å². The molecule has 1 aliphatic heterocycles. The topological polar surface area (TPSA) is 220 Å². The Morgan fingerprint density at radius 1 is 1.00 bits per heavy atom. The van der Waals surface area contributed by atoms with Gasteiger partial charge in [-0.15, -0.1) is 0 Å². The number of nitrogens with one attached hydrogen (secondary N) is 3. The zero-order chi connectivity index (χ0) is 39.7.